The molecule has 0 fully saturated rings. The fourth-order valence-corrected chi connectivity index (χ4v) is 1.94. The zero-order valence-corrected chi connectivity index (χ0v) is 12.2. The third kappa shape index (κ3) is 3.98. The van der Waals surface area contributed by atoms with Crippen molar-refractivity contribution in [2.45, 2.75) is 20.4 Å². The van der Waals surface area contributed by atoms with Crippen LogP contribution >= 0.6 is 0 Å². The molecule has 0 atom stereocenters. The van der Waals surface area contributed by atoms with E-state index in [0.29, 0.717) is 18.7 Å². The molecule has 1 heterocycles. The summed E-state index contributed by atoms with van der Waals surface area (Å²) in [5, 5.41) is 2.85. The molecule has 0 spiro atoms. The van der Waals surface area contributed by atoms with Crippen LogP contribution in [0, 0.1) is 25.7 Å². The minimum atomic E-state index is -0.141. The molecule has 4 heteroatoms. The highest BCUT2D eigenvalue weighted by Gasteiger charge is 2.10. The first-order chi connectivity index (χ1) is 10.1. The minimum Gasteiger partial charge on any atom is -0.465 e. The number of hydrogen-bond acceptors (Lipinski definition) is 3. The third-order valence-electron chi connectivity index (χ3n) is 3.04. The topological polar surface area (TPSA) is 68.3 Å². The van der Waals surface area contributed by atoms with Gasteiger partial charge in [0.1, 0.15) is 11.5 Å². The van der Waals surface area contributed by atoms with E-state index in [1.165, 1.54) is 0 Å². The van der Waals surface area contributed by atoms with E-state index in [2.05, 4.69) is 17.2 Å². The Bertz CT molecular complexity index is 705. The molecule has 0 unspecified atom stereocenters. The van der Waals surface area contributed by atoms with E-state index in [4.69, 9.17) is 10.2 Å². The maximum atomic E-state index is 12.2. The summed E-state index contributed by atoms with van der Waals surface area (Å²) in [6.45, 7) is 4.43. The Balaban J connectivity index is 2.10. The highest BCUT2D eigenvalue weighted by molar-refractivity contribution is 5.95. The molecule has 0 aliphatic heterocycles. The number of rotatable bonds is 3. The maximum Gasteiger partial charge on any atom is 0.251 e. The maximum absolute atomic E-state index is 12.2. The van der Waals surface area contributed by atoms with Crippen LogP contribution in [0.25, 0.3) is 0 Å². The number of hydrogen-bond donors (Lipinski definition) is 2. The first kappa shape index (κ1) is 14.9. The van der Waals surface area contributed by atoms with Crippen molar-refractivity contribution in [2.75, 3.05) is 6.54 Å². The van der Waals surface area contributed by atoms with Gasteiger partial charge in [0.2, 0.25) is 0 Å². The summed E-state index contributed by atoms with van der Waals surface area (Å²) in [5.41, 5.74) is 7.65. The van der Waals surface area contributed by atoms with E-state index in [1.54, 1.807) is 6.07 Å². The quantitative estimate of drug-likeness (QED) is 0.847. The zero-order valence-electron chi connectivity index (χ0n) is 12.2. The summed E-state index contributed by atoms with van der Waals surface area (Å²) < 4.78 is 5.43. The monoisotopic (exact) mass is 282 g/mol. The lowest BCUT2D eigenvalue weighted by molar-refractivity contribution is 0.0947. The molecule has 1 aromatic heterocycles. The van der Waals surface area contributed by atoms with Crippen molar-refractivity contribution in [3.8, 4) is 11.8 Å². The Hall–Kier alpha value is -2.51. The van der Waals surface area contributed by atoms with Crippen LogP contribution < -0.4 is 11.1 Å². The molecule has 0 aliphatic rings. The summed E-state index contributed by atoms with van der Waals surface area (Å²) in [4.78, 5) is 12.2. The number of carbonyl (C=O) groups excluding carboxylic acids is 1. The van der Waals surface area contributed by atoms with Gasteiger partial charge < -0.3 is 15.5 Å². The second-order valence-corrected chi connectivity index (χ2v) is 4.73. The molecule has 4 nitrogen and oxygen atoms in total. The van der Waals surface area contributed by atoms with Crippen LogP contribution in [0.2, 0.25) is 0 Å². The van der Waals surface area contributed by atoms with Gasteiger partial charge in [-0.3, -0.25) is 4.79 Å². The van der Waals surface area contributed by atoms with Crippen molar-refractivity contribution < 1.29 is 9.21 Å². The van der Waals surface area contributed by atoms with Gasteiger partial charge >= 0.3 is 0 Å². The molecule has 3 N–H and O–H groups in total. The number of amides is 1. The van der Waals surface area contributed by atoms with Crippen molar-refractivity contribution in [1.29, 1.82) is 0 Å². The van der Waals surface area contributed by atoms with Crippen LogP contribution in [0.5, 0.6) is 0 Å². The highest BCUT2D eigenvalue weighted by Crippen LogP contribution is 2.12. The first-order valence-electron chi connectivity index (χ1n) is 6.73. The number of furan rings is 1. The molecule has 108 valence electrons. The van der Waals surface area contributed by atoms with E-state index >= 15 is 0 Å². The SMILES string of the molecule is Cc1ccc(CNC(=O)c2cc(C#CCN)ccc2C)o1. The lowest BCUT2D eigenvalue weighted by Gasteiger charge is -2.07. The lowest BCUT2D eigenvalue weighted by atomic mass is 10.0. The Morgan fingerprint density at radius 1 is 1.29 bits per heavy atom. The van der Waals surface area contributed by atoms with E-state index in [0.717, 1.165) is 22.6 Å². The molecule has 0 radical (unpaired) electrons. The molecule has 0 saturated carbocycles. The standard InChI is InChI=1S/C17H18N2O2/c1-12-5-7-14(4-3-9-18)10-16(12)17(20)19-11-15-8-6-13(2)21-15/h5-8,10H,9,11,18H2,1-2H3,(H,19,20). The average molecular weight is 282 g/mol. The third-order valence-corrected chi connectivity index (χ3v) is 3.04. The molecule has 1 aromatic carbocycles. The Labute approximate surface area is 124 Å². The Morgan fingerprint density at radius 2 is 2.10 bits per heavy atom. The average Bonchev–Trinajstić information content (AvgIpc) is 2.89. The van der Waals surface area contributed by atoms with Crippen molar-refractivity contribution in [3.05, 3.63) is 58.5 Å². The van der Waals surface area contributed by atoms with E-state index in [9.17, 15) is 4.79 Å². The minimum absolute atomic E-state index is 0.141. The summed E-state index contributed by atoms with van der Waals surface area (Å²) in [5.74, 6) is 7.13. The van der Waals surface area contributed by atoms with Crippen LogP contribution in [0.3, 0.4) is 0 Å². The van der Waals surface area contributed by atoms with Gasteiger partial charge in [0, 0.05) is 11.1 Å². The van der Waals surface area contributed by atoms with Gasteiger partial charge in [-0.2, -0.15) is 0 Å². The lowest BCUT2D eigenvalue weighted by Crippen LogP contribution is -2.23. The first-order valence-corrected chi connectivity index (χ1v) is 6.73. The van der Waals surface area contributed by atoms with Crippen LogP contribution in [0.4, 0.5) is 0 Å². The Kier molecular flexibility index (Phi) is 4.81. The number of aryl methyl sites for hydroxylation is 2. The van der Waals surface area contributed by atoms with Crippen LogP contribution in [-0.4, -0.2) is 12.5 Å². The summed E-state index contributed by atoms with van der Waals surface area (Å²) in [6, 6.07) is 9.26. The molecular weight excluding hydrogens is 264 g/mol. The van der Waals surface area contributed by atoms with E-state index in [-0.39, 0.29) is 5.91 Å². The van der Waals surface area contributed by atoms with Gasteiger partial charge in [-0.1, -0.05) is 17.9 Å². The van der Waals surface area contributed by atoms with Crippen LogP contribution in [0.1, 0.15) is 33.0 Å². The van der Waals surface area contributed by atoms with Crippen LogP contribution in [-0.2, 0) is 6.54 Å². The number of nitrogens with one attached hydrogen (secondary N) is 1. The van der Waals surface area contributed by atoms with E-state index < -0.39 is 0 Å². The van der Waals surface area contributed by atoms with Gasteiger partial charge in [0.25, 0.3) is 5.91 Å². The zero-order chi connectivity index (χ0) is 15.2. The summed E-state index contributed by atoms with van der Waals surface area (Å²) >= 11 is 0. The van der Waals surface area contributed by atoms with Crippen molar-refractivity contribution in [2.24, 2.45) is 5.73 Å². The van der Waals surface area contributed by atoms with Crippen molar-refractivity contribution >= 4 is 5.91 Å². The van der Waals surface area contributed by atoms with Crippen molar-refractivity contribution in [3.63, 3.8) is 0 Å². The van der Waals surface area contributed by atoms with Crippen LogP contribution in [0.15, 0.2) is 34.7 Å². The number of benzene rings is 1. The number of carbonyl (C=O) groups is 1. The van der Waals surface area contributed by atoms with E-state index in [1.807, 2.05) is 38.1 Å². The highest BCUT2D eigenvalue weighted by atomic mass is 16.3. The molecule has 0 saturated heterocycles. The van der Waals surface area contributed by atoms with Gasteiger partial charge in [0.15, 0.2) is 0 Å². The molecule has 2 aromatic rings. The summed E-state index contributed by atoms with van der Waals surface area (Å²) in [7, 11) is 0. The fraction of sp³-hybridized carbons (Fsp3) is 0.235. The summed E-state index contributed by atoms with van der Waals surface area (Å²) in [6.07, 6.45) is 0. The molecular formula is C17H18N2O2. The normalized spacial score (nSPS) is 9.86. The van der Waals surface area contributed by atoms with Crippen molar-refractivity contribution in [1.82, 2.24) is 5.32 Å². The smallest absolute Gasteiger partial charge is 0.251 e. The molecule has 0 aliphatic carbocycles. The molecule has 21 heavy (non-hydrogen) atoms. The van der Waals surface area contributed by atoms with Gasteiger partial charge in [0.05, 0.1) is 13.1 Å². The van der Waals surface area contributed by atoms with Gasteiger partial charge in [-0.15, -0.1) is 0 Å². The predicted octanol–water partition coefficient (Wildman–Crippen LogP) is 2.14. The second kappa shape index (κ2) is 6.78. The fourth-order valence-electron chi connectivity index (χ4n) is 1.94. The molecule has 0 bridgehead atoms. The molecule has 1 amide bonds. The van der Waals surface area contributed by atoms with Gasteiger partial charge in [-0.25, -0.2) is 0 Å². The second-order valence-electron chi connectivity index (χ2n) is 4.73. The Morgan fingerprint density at radius 3 is 2.76 bits per heavy atom. The number of nitrogens with two attached hydrogens (primary N) is 1. The predicted molar refractivity (Wildman–Crippen MR) is 81.7 cm³/mol. The molecule has 2 rings (SSSR count). The van der Waals surface area contributed by atoms with Gasteiger partial charge in [-0.05, 0) is 43.7 Å². The largest absolute Gasteiger partial charge is 0.465 e.